The number of hydrogen-bond donors (Lipinski definition) is 2. The second-order valence-electron chi connectivity index (χ2n) is 5.14. The lowest BCUT2D eigenvalue weighted by Crippen LogP contribution is -2.21. The van der Waals surface area contributed by atoms with Gasteiger partial charge in [-0.05, 0) is 69.6 Å². The van der Waals surface area contributed by atoms with Gasteiger partial charge in [-0.1, -0.05) is 0 Å². The summed E-state index contributed by atoms with van der Waals surface area (Å²) in [6.07, 6.45) is 5.11. The molecular formula is C17H14BrN3O3S. The minimum Gasteiger partial charge on any atom is -0.493 e. The molecule has 1 aliphatic rings. The van der Waals surface area contributed by atoms with E-state index in [-0.39, 0.29) is 5.91 Å². The van der Waals surface area contributed by atoms with Gasteiger partial charge in [-0.15, -0.1) is 0 Å². The van der Waals surface area contributed by atoms with Crippen molar-refractivity contribution in [2.45, 2.75) is 6.61 Å². The summed E-state index contributed by atoms with van der Waals surface area (Å²) in [5, 5.41) is 5.62. The molecule has 128 valence electrons. The molecule has 1 aromatic carbocycles. The van der Waals surface area contributed by atoms with Crippen LogP contribution in [0.25, 0.3) is 6.08 Å². The van der Waals surface area contributed by atoms with E-state index in [4.69, 9.17) is 21.7 Å². The van der Waals surface area contributed by atoms with Gasteiger partial charge in [-0.3, -0.25) is 15.1 Å². The van der Waals surface area contributed by atoms with Crippen molar-refractivity contribution in [2.24, 2.45) is 0 Å². The summed E-state index contributed by atoms with van der Waals surface area (Å²) in [6.45, 7) is 0.385. The van der Waals surface area contributed by atoms with Crippen LogP contribution in [0.3, 0.4) is 0 Å². The molecule has 1 saturated heterocycles. The van der Waals surface area contributed by atoms with E-state index in [1.807, 2.05) is 18.2 Å². The van der Waals surface area contributed by atoms with Gasteiger partial charge in [0.2, 0.25) is 0 Å². The quantitative estimate of drug-likeness (QED) is 0.573. The van der Waals surface area contributed by atoms with Crippen LogP contribution >= 0.6 is 28.1 Å². The normalized spacial score (nSPS) is 15.0. The zero-order chi connectivity index (χ0) is 17.8. The highest BCUT2D eigenvalue weighted by molar-refractivity contribution is 9.10. The van der Waals surface area contributed by atoms with Gasteiger partial charge in [-0.2, -0.15) is 0 Å². The molecule has 0 saturated carbocycles. The van der Waals surface area contributed by atoms with Crippen LogP contribution in [0.1, 0.15) is 11.1 Å². The van der Waals surface area contributed by atoms with Crippen LogP contribution in [0.4, 0.5) is 0 Å². The first-order valence-corrected chi connectivity index (χ1v) is 8.50. The number of nitrogens with one attached hydrogen (secondary N) is 2. The number of carbonyl (C=O) groups is 1. The van der Waals surface area contributed by atoms with Crippen molar-refractivity contribution in [3.63, 3.8) is 0 Å². The third kappa shape index (κ3) is 4.15. The number of amides is 1. The van der Waals surface area contributed by atoms with Gasteiger partial charge in [0.25, 0.3) is 5.91 Å². The fourth-order valence-electron chi connectivity index (χ4n) is 2.25. The summed E-state index contributed by atoms with van der Waals surface area (Å²) in [6, 6.07) is 7.39. The third-order valence-corrected chi connectivity index (χ3v) is 4.21. The van der Waals surface area contributed by atoms with E-state index in [2.05, 4.69) is 31.5 Å². The largest absolute Gasteiger partial charge is 0.493 e. The number of carbonyl (C=O) groups excluding carboxylic acids is 1. The average Bonchev–Trinajstić information content (AvgIpc) is 2.91. The molecular weight excluding hydrogens is 406 g/mol. The van der Waals surface area contributed by atoms with E-state index < -0.39 is 0 Å². The molecule has 0 atom stereocenters. The minimum absolute atomic E-state index is 0.266. The average molecular weight is 420 g/mol. The summed E-state index contributed by atoms with van der Waals surface area (Å²) < 4.78 is 12.0. The molecule has 0 bridgehead atoms. The van der Waals surface area contributed by atoms with Gasteiger partial charge < -0.3 is 14.8 Å². The minimum atomic E-state index is -0.266. The first-order valence-electron chi connectivity index (χ1n) is 7.30. The summed E-state index contributed by atoms with van der Waals surface area (Å²) >= 11 is 8.42. The Hall–Kier alpha value is -2.45. The number of thiocarbonyl (C=S) groups is 1. The standard InChI is InChI=1S/C17H14BrN3O3S/c1-23-14-8-11(7-13-16(22)21-17(25)20-13)6-12(18)15(14)24-9-10-2-4-19-5-3-10/h2-8H,9H2,1H3,(H2,20,21,22,25)/b13-7+. The molecule has 1 fully saturated rings. The summed E-state index contributed by atoms with van der Waals surface area (Å²) in [4.78, 5) is 15.7. The predicted octanol–water partition coefficient (Wildman–Crippen LogP) is 2.78. The monoisotopic (exact) mass is 419 g/mol. The van der Waals surface area contributed by atoms with Gasteiger partial charge in [0.05, 0.1) is 11.6 Å². The zero-order valence-electron chi connectivity index (χ0n) is 13.2. The molecule has 3 rings (SSSR count). The van der Waals surface area contributed by atoms with Crippen LogP contribution in [-0.2, 0) is 11.4 Å². The molecule has 2 aromatic rings. The number of hydrogen-bond acceptors (Lipinski definition) is 5. The molecule has 25 heavy (non-hydrogen) atoms. The van der Waals surface area contributed by atoms with Crippen LogP contribution in [0.5, 0.6) is 11.5 Å². The van der Waals surface area contributed by atoms with E-state index in [0.29, 0.717) is 33.4 Å². The van der Waals surface area contributed by atoms with Crippen LogP contribution in [-0.4, -0.2) is 23.1 Å². The zero-order valence-corrected chi connectivity index (χ0v) is 15.6. The number of methoxy groups -OCH3 is 1. The fraction of sp³-hybridized carbons (Fsp3) is 0.118. The molecule has 0 radical (unpaired) electrons. The smallest absolute Gasteiger partial charge is 0.273 e. The Morgan fingerprint density at radius 3 is 2.68 bits per heavy atom. The predicted molar refractivity (Wildman–Crippen MR) is 101 cm³/mol. The highest BCUT2D eigenvalue weighted by Crippen LogP contribution is 2.37. The number of nitrogens with zero attached hydrogens (tertiary/aromatic N) is 1. The van der Waals surface area contributed by atoms with Gasteiger partial charge in [0, 0.05) is 12.4 Å². The first-order chi connectivity index (χ1) is 12.1. The van der Waals surface area contributed by atoms with E-state index in [1.54, 1.807) is 31.6 Å². The number of pyridine rings is 1. The van der Waals surface area contributed by atoms with Crippen molar-refractivity contribution in [3.05, 3.63) is 58.0 Å². The molecule has 6 nitrogen and oxygen atoms in total. The second kappa shape index (κ2) is 7.62. The molecule has 2 heterocycles. The molecule has 1 aliphatic heterocycles. The number of benzene rings is 1. The van der Waals surface area contributed by atoms with Crippen molar-refractivity contribution in [1.29, 1.82) is 0 Å². The van der Waals surface area contributed by atoms with E-state index in [0.717, 1.165) is 11.1 Å². The van der Waals surface area contributed by atoms with Crippen molar-refractivity contribution in [1.82, 2.24) is 15.6 Å². The fourth-order valence-corrected chi connectivity index (χ4v) is 3.02. The summed E-state index contributed by atoms with van der Waals surface area (Å²) in [5.41, 5.74) is 2.14. The Labute approximate surface area is 158 Å². The lowest BCUT2D eigenvalue weighted by molar-refractivity contribution is -0.115. The van der Waals surface area contributed by atoms with Gasteiger partial charge in [0.1, 0.15) is 12.3 Å². The third-order valence-electron chi connectivity index (χ3n) is 3.42. The van der Waals surface area contributed by atoms with E-state index >= 15 is 0 Å². The Morgan fingerprint density at radius 2 is 2.04 bits per heavy atom. The van der Waals surface area contributed by atoms with Crippen molar-refractivity contribution < 1.29 is 14.3 Å². The Kier molecular flexibility index (Phi) is 5.30. The van der Waals surface area contributed by atoms with Crippen molar-refractivity contribution in [2.75, 3.05) is 7.11 Å². The van der Waals surface area contributed by atoms with Crippen LogP contribution in [0, 0.1) is 0 Å². The van der Waals surface area contributed by atoms with Gasteiger partial charge in [-0.25, -0.2) is 0 Å². The maximum Gasteiger partial charge on any atom is 0.273 e. The maximum atomic E-state index is 11.8. The molecule has 1 aromatic heterocycles. The molecule has 2 N–H and O–H groups in total. The summed E-state index contributed by atoms with van der Waals surface area (Å²) in [5.74, 6) is 0.871. The number of rotatable bonds is 5. The van der Waals surface area contributed by atoms with Gasteiger partial charge in [0.15, 0.2) is 16.6 Å². The molecule has 0 spiro atoms. The Bertz CT molecular complexity index is 856. The topological polar surface area (TPSA) is 72.5 Å². The Balaban J connectivity index is 1.85. The van der Waals surface area contributed by atoms with Crippen molar-refractivity contribution >= 4 is 45.2 Å². The number of ether oxygens (including phenoxy) is 2. The van der Waals surface area contributed by atoms with Crippen LogP contribution < -0.4 is 20.1 Å². The summed E-state index contributed by atoms with van der Waals surface area (Å²) in [7, 11) is 1.56. The molecule has 1 amide bonds. The maximum absolute atomic E-state index is 11.8. The van der Waals surface area contributed by atoms with Gasteiger partial charge >= 0.3 is 0 Å². The number of aromatic nitrogens is 1. The van der Waals surface area contributed by atoms with E-state index in [9.17, 15) is 4.79 Å². The SMILES string of the molecule is COc1cc(/C=C2/NC(=S)NC2=O)cc(Br)c1OCc1ccncc1. The lowest BCUT2D eigenvalue weighted by Gasteiger charge is -2.13. The molecule has 8 heteroatoms. The second-order valence-corrected chi connectivity index (χ2v) is 6.41. The van der Waals surface area contributed by atoms with Crippen LogP contribution in [0.15, 0.2) is 46.8 Å². The van der Waals surface area contributed by atoms with Crippen molar-refractivity contribution in [3.8, 4) is 11.5 Å². The first kappa shape index (κ1) is 17.4. The Morgan fingerprint density at radius 1 is 1.28 bits per heavy atom. The highest BCUT2D eigenvalue weighted by atomic mass is 79.9. The molecule has 0 aliphatic carbocycles. The van der Waals surface area contributed by atoms with E-state index in [1.165, 1.54) is 0 Å². The molecule has 0 unspecified atom stereocenters. The highest BCUT2D eigenvalue weighted by Gasteiger charge is 2.20. The van der Waals surface area contributed by atoms with Crippen LogP contribution in [0.2, 0.25) is 0 Å². The lowest BCUT2D eigenvalue weighted by atomic mass is 10.1. The number of halogens is 1.